The molecule has 0 aliphatic rings. The molecule has 0 aliphatic heterocycles. The van der Waals surface area contributed by atoms with Crippen LogP contribution in [-0.4, -0.2) is 37.0 Å². The molecule has 0 aliphatic carbocycles. The van der Waals surface area contributed by atoms with Crippen molar-refractivity contribution in [2.45, 2.75) is 39.9 Å². The second kappa shape index (κ2) is 10.5. The Kier molecular flexibility index (Phi) is 8.07. The van der Waals surface area contributed by atoms with E-state index < -0.39 is 6.04 Å². The van der Waals surface area contributed by atoms with E-state index in [2.05, 4.69) is 5.32 Å². The van der Waals surface area contributed by atoms with E-state index >= 15 is 0 Å². The number of carbonyl (C=O) groups excluding carboxylic acids is 2. The minimum atomic E-state index is -0.592. The van der Waals surface area contributed by atoms with Gasteiger partial charge >= 0.3 is 0 Å². The zero-order valence-corrected chi connectivity index (χ0v) is 17.8. The predicted molar refractivity (Wildman–Crippen MR) is 113 cm³/mol. The van der Waals surface area contributed by atoms with Crippen LogP contribution >= 0.6 is 0 Å². The number of hydrogen-bond acceptors (Lipinski definition) is 4. The van der Waals surface area contributed by atoms with Crippen LogP contribution in [0.5, 0.6) is 11.5 Å². The lowest BCUT2D eigenvalue weighted by Gasteiger charge is -2.30. The van der Waals surface area contributed by atoms with Crippen molar-refractivity contribution in [3.05, 3.63) is 59.7 Å². The number of ether oxygens (including phenoxy) is 2. The van der Waals surface area contributed by atoms with Crippen molar-refractivity contribution in [1.82, 2.24) is 10.2 Å². The first-order chi connectivity index (χ1) is 13.8. The average molecular weight is 399 g/mol. The van der Waals surface area contributed by atoms with Crippen molar-refractivity contribution in [3.63, 3.8) is 0 Å². The Morgan fingerprint density at radius 1 is 0.862 bits per heavy atom. The van der Waals surface area contributed by atoms with E-state index in [9.17, 15) is 9.59 Å². The molecule has 2 aromatic rings. The van der Waals surface area contributed by atoms with Crippen LogP contribution in [0.1, 0.15) is 31.9 Å². The van der Waals surface area contributed by atoms with Gasteiger partial charge in [0.05, 0.1) is 14.2 Å². The highest BCUT2D eigenvalue weighted by Gasteiger charge is 2.27. The fourth-order valence-corrected chi connectivity index (χ4v) is 2.89. The minimum Gasteiger partial charge on any atom is -0.497 e. The molecular formula is C23H30N2O4. The predicted octanol–water partition coefficient (Wildman–Crippen LogP) is 3.39. The summed E-state index contributed by atoms with van der Waals surface area (Å²) >= 11 is 0. The van der Waals surface area contributed by atoms with E-state index in [0.29, 0.717) is 13.1 Å². The summed E-state index contributed by atoms with van der Waals surface area (Å²) in [6, 6.07) is 14.4. The second-order valence-electron chi connectivity index (χ2n) is 7.21. The summed E-state index contributed by atoms with van der Waals surface area (Å²) < 4.78 is 10.3. The molecule has 2 amide bonds. The number of methoxy groups -OCH3 is 2. The zero-order valence-electron chi connectivity index (χ0n) is 17.8. The molecule has 0 spiro atoms. The van der Waals surface area contributed by atoms with Gasteiger partial charge < -0.3 is 19.7 Å². The fourth-order valence-electron chi connectivity index (χ4n) is 2.89. The monoisotopic (exact) mass is 398 g/mol. The molecule has 6 nitrogen and oxygen atoms in total. The van der Waals surface area contributed by atoms with Crippen molar-refractivity contribution in [2.75, 3.05) is 14.2 Å². The Bertz CT molecular complexity index is 801. The van der Waals surface area contributed by atoms with Crippen LogP contribution in [0.3, 0.4) is 0 Å². The molecule has 0 heterocycles. The Hall–Kier alpha value is -3.02. The van der Waals surface area contributed by atoms with Gasteiger partial charge in [0.1, 0.15) is 17.5 Å². The van der Waals surface area contributed by atoms with Crippen LogP contribution in [0, 0.1) is 5.92 Å². The summed E-state index contributed by atoms with van der Waals surface area (Å²) in [5.74, 6) is 1.06. The van der Waals surface area contributed by atoms with Gasteiger partial charge in [-0.05, 0) is 42.3 Å². The minimum absolute atomic E-state index is 0.0621. The molecular weight excluding hydrogens is 368 g/mol. The summed E-state index contributed by atoms with van der Waals surface area (Å²) in [7, 11) is 3.22. The summed E-state index contributed by atoms with van der Waals surface area (Å²) in [4.78, 5) is 27.1. The van der Waals surface area contributed by atoms with Gasteiger partial charge in [-0.25, -0.2) is 0 Å². The standard InChI is InChI=1S/C23H30N2O4/c1-16(2)23(27)25(15-19-8-12-21(29-5)13-9-19)17(3)22(26)24-14-18-6-10-20(28-4)11-7-18/h6-13,16-17H,14-15H2,1-5H3,(H,24,26)/t17-/m0/s1. The van der Waals surface area contributed by atoms with E-state index in [1.54, 1.807) is 26.0 Å². The van der Waals surface area contributed by atoms with Crippen LogP contribution in [0.2, 0.25) is 0 Å². The van der Waals surface area contributed by atoms with Gasteiger partial charge in [-0.2, -0.15) is 0 Å². The van der Waals surface area contributed by atoms with E-state index in [1.807, 2.05) is 62.4 Å². The smallest absolute Gasteiger partial charge is 0.242 e. The summed E-state index contributed by atoms with van der Waals surface area (Å²) in [5.41, 5.74) is 1.90. The lowest BCUT2D eigenvalue weighted by molar-refractivity contribution is -0.143. The van der Waals surface area contributed by atoms with Crippen molar-refractivity contribution in [1.29, 1.82) is 0 Å². The molecule has 6 heteroatoms. The van der Waals surface area contributed by atoms with E-state index in [4.69, 9.17) is 9.47 Å². The number of carbonyl (C=O) groups is 2. The summed E-state index contributed by atoms with van der Waals surface area (Å²) in [5, 5.41) is 2.92. The first-order valence-electron chi connectivity index (χ1n) is 9.69. The Morgan fingerprint density at radius 2 is 1.34 bits per heavy atom. The van der Waals surface area contributed by atoms with Gasteiger partial charge in [0.15, 0.2) is 0 Å². The largest absolute Gasteiger partial charge is 0.497 e. The maximum atomic E-state index is 12.8. The van der Waals surface area contributed by atoms with Crippen LogP contribution in [-0.2, 0) is 22.7 Å². The van der Waals surface area contributed by atoms with Gasteiger partial charge in [0.25, 0.3) is 0 Å². The molecule has 29 heavy (non-hydrogen) atoms. The normalized spacial score (nSPS) is 11.7. The Morgan fingerprint density at radius 3 is 1.79 bits per heavy atom. The number of nitrogens with one attached hydrogen (secondary N) is 1. The quantitative estimate of drug-likeness (QED) is 0.703. The van der Waals surface area contributed by atoms with Crippen molar-refractivity contribution >= 4 is 11.8 Å². The highest BCUT2D eigenvalue weighted by Crippen LogP contribution is 2.17. The topological polar surface area (TPSA) is 67.9 Å². The third-order valence-electron chi connectivity index (χ3n) is 4.76. The number of amides is 2. The first-order valence-corrected chi connectivity index (χ1v) is 9.69. The fraction of sp³-hybridized carbons (Fsp3) is 0.391. The number of benzene rings is 2. The van der Waals surface area contributed by atoms with Crippen molar-refractivity contribution in [3.8, 4) is 11.5 Å². The van der Waals surface area contributed by atoms with E-state index in [-0.39, 0.29) is 17.7 Å². The van der Waals surface area contributed by atoms with Crippen LogP contribution in [0.15, 0.2) is 48.5 Å². The lowest BCUT2D eigenvalue weighted by atomic mass is 10.1. The van der Waals surface area contributed by atoms with Crippen LogP contribution in [0.4, 0.5) is 0 Å². The van der Waals surface area contributed by atoms with Crippen molar-refractivity contribution < 1.29 is 19.1 Å². The molecule has 0 aromatic heterocycles. The Labute approximate surface area is 172 Å². The van der Waals surface area contributed by atoms with E-state index in [1.165, 1.54) is 0 Å². The number of rotatable bonds is 9. The molecule has 2 rings (SSSR count). The molecule has 0 saturated heterocycles. The van der Waals surface area contributed by atoms with Gasteiger partial charge in [-0.3, -0.25) is 9.59 Å². The Balaban J connectivity index is 2.07. The molecule has 156 valence electrons. The highest BCUT2D eigenvalue weighted by atomic mass is 16.5. The SMILES string of the molecule is COc1ccc(CNC(=O)[C@H](C)N(Cc2ccc(OC)cc2)C(=O)C(C)C)cc1. The highest BCUT2D eigenvalue weighted by molar-refractivity contribution is 5.88. The lowest BCUT2D eigenvalue weighted by Crippen LogP contribution is -2.48. The van der Waals surface area contributed by atoms with Gasteiger partial charge in [-0.1, -0.05) is 38.1 Å². The molecule has 1 atom stereocenters. The molecule has 0 bridgehead atoms. The van der Waals surface area contributed by atoms with Gasteiger partial charge in [-0.15, -0.1) is 0 Å². The number of nitrogens with zero attached hydrogens (tertiary/aromatic N) is 1. The summed E-state index contributed by atoms with van der Waals surface area (Å²) in [6.45, 7) is 6.18. The summed E-state index contributed by atoms with van der Waals surface area (Å²) in [6.07, 6.45) is 0. The third kappa shape index (κ3) is 6.24. The van der Waals surface area contributed by atoms with Crippen molar-refractivity contribution in [2.24, 2.45) is 5.92 Å². The van der Waals surface area contributed by atoms with Gasteiger partial charge in [0, 0.05) is 19.0 Å². The van der Waals surface area contributed by atoms with Gasteiger partial charge in [0.2, 0.25) is 11.8 Å². The molecule has 0 saturated carbocycles. The molecule has 0 radical (unpaired) electrons. The van der Waals surface area contributed by atoms with E-state index in [0.717, 1.165) is 22.6 Å². The molecule has 0 fully saturated rings. The zero-order chi connectivity index (χ0) is 21.4. The maximum absolute atomic E-state index is 12.8. The molecule has 2 aromatic carbocycles. The molecule has 0 unspecified atom stereocenters. The number of hydrogen-bond donors (Lipinski definition) is 1. The maximum Gasteiger partial charge on any atom is 0.242 e. The third-order valence-corrected chi connectivity index (χ3v) is 4.76. The first kappa shape index (κ1) is 22.3. The average Bonchev–Trinajstić information content (AvgIpc) is 2.75. The second-order valence-corrected chi connectivity index (χ2v) is 7.21. The van der Waals surface area contributed by atoms with Crippen LogP contribution in [0.25, 0.3) is 0 Å². The van der Waals surface area contributed by atoms with Crippen LogP contribution < -0.4 is 14.8 Å². The molecule has 1 N–H and O–H groups in total.